The molecule has 0 amide bonds. The topological polar surface area (TPSA) is 24.5 Å². The summed E-state index contributed by atoms with van der Waals surface area (Å²) in [5, 5.41) is 3.46. The van der Waals surface area contributed by atoms with Gasteiger partial charge in [0, 0.05) is 26.1 Å². The molecule has 140 valence electrons. The Morgan fingerprint density at radius 2 is 1.65 bits per heavy atom. The molecule has 0 bridgehead atoms. The summed E-state index contributed by atoms with van der Waals surface area (Å²) in [4.78, 5) is 2.54. The van der Waals surface area contributed by atoms with Gasteiger partial charge in [-0.1, -0.05) is 50.2 Å². The Balaban J connectivity index is 1.43. The van der Waals surface area contributed by atoms with Crippen LogP contribution in [0.5, 0.6) is 5.75 Å². The highest BCUT2D eigenvalue weighted by Gasteiger charge is 2.08. The quantitative estimate of drug-likeness (QED) is 0.807. The van der Waals surface area contributed by atoms with Crippen molar-refractivity contribution in [1.29, 1.82) is 0 Å². The van der Waals surface area contributed by atoms with Crippen molar-refractivity contribution in [3.8, 4) is 5.75 Å². The second kappa shape index (κ2) is 9.75. The first kappa shape index (κ1) is 18.9. The molecule has 0 radical (unpaired) electrons. The summed E-state index contributed by atoms with van der Waals surface area (Å²) in [6.45, 7) is 10.8. The van der Waals surface area contributed by atoms with Gasteiger partial charge < -0.3 is 10.1 Å². The largest absolute Gasteiger partial charge is 0.493 e. The zero-order valence-electron chi connectivity index (χ0n) is 16.2. The highest BCUT2D eigenvalue weighted by Crippen LogP contribution is 2.19. The van der Waals surface area contributed by atoms with Crippen LogP contribution >= 0.6 is 0 Å². The Morgan fingerprint density at radius 1 is 0.923 bits per heavy atom. The SMILES string of the molecule is CC(C)c1ccc(OCCc2ccc(CN3CCCNCC3)cc2)cc1. The number of benzene rings is 2. The van der Waals surface area contributed by atoms with E-state index in [4.69, 9.17) is 4.74 Å². The molecule has 1 heterocycles. The van der Waals surface area contributed by atoms with E-state index in [0.717, 1.165) is 45.0 Å². The van der Waals surface area contributed by atoms with E-state index in [2.05, 4.69) is 72.6 Å². The van der Waals surface area contributed by atoms with Gasteiger partial charge in [-0.3, -0.25) is 4.90 Å². The Kier molecular flexibility index (Phi) is 7.10. The van der Waals surface area contributed by atoms with Gasteiger partial charge in [0.25, 0.3) is 0 Å². The molecule has 2 aromatic rings. The normalized spacial score (nSPS) is 15.8. The minimum atomic E-state index is 0.563. The maximum atomic E-state index is 5.90. The van der Waals surface area contributed by atoms with Crippen molar-refractivity contribution in [3.05, 3.63) is 65.2 Å². The zero-order valence-corrected chi connectivity index (χ0v) is 16.2. The third-order valence-electron chi connectivity index (χ3n) is 5.07. The van der Waals surface area contributed by atoms with Gasteiger partial charge in [0.2, 0.25) is 0 Å². The number of nitrogens with zero attached hydrogens (tertiary/aromatic N) is 1. The van der Waals surface area contributed by atoms with Gasteiger partial charge in [0.05, 0.1) is 6.61 Å². The molecule has 1 fully saturated rings. The van der Waals surface area contributed by atoms with Gasteiger partial charge in [-0.2, -0.15) is 0 Å². The number of hydrogen-bond acceptors (Lipinski definition) is 3. The van der Waals surface area contributed by atoms with Crippen molar-refractivity contribution in [3.63, 3.8) is 0 Å². The summed E-state index contributed by atoms with van der Waals surface area (Å²) in [7, 11) is 0. The lowest BCUT2D eigenvalue weighted by atomic mass is 10.0. The fraction of sp³-hybridized carbons (Fsp3) is 0.478. The molecule has 0 atom stereocenters. The molecule has 3 heteroatoms. The number of hydrogen-bond donors (Lipinski definition) is 1. The molecule has 2 aromatic carbocycles. The fourth-order valence-electron chi connectivity index (χ4n) is 3.36. The maximum Gasteiger partial charge on any atom is 0.119 e. The Morgan fingerprint density at radius 3 is 2.38 bits per heavy atom. The molecule has 1 aliphatic rings. The Bertz CT molecular complexity index is 641. The molecule has 26 heavy (non-hydrogen) atoms. The average molecular weight is 353 g/mol. The maximum absolute atomic E-state index is 5.90. The minimum absolute atomic E-state index is 0.563. The summed E-state index contributed by atoms with van der Waals surface area (Å²) in [5.41, 5.74) is 4.10. The first-order chi connectivity index (χ1) is 12.7. The molecular formula is C23H32N2O. The fourth-order valence-corrected chi connectivity index (χ4v) is 3.36. The second-order valence-electron chi connectivity index (χ2n) is 7.52. The molecule has 1 aliphatic heterocycles. The lowest BCUT2D eigenvalue weighted by Gasteiger charge is -2.19. The van der Waals surface area contributed by atoms with Gasteiger partial charge >= 0.3 is 0 Å². The molecule has 3 rings (SSSR count). The first-order valence-electron chi connectivity index (χ1n) is 9.94. The molecule has 0 aliphatic carbocycles. The smallest absolute Gasteiger partial charge is 0.119 e. The van der Waals surface area contributed by atoms with Crippen molar-refractivity contribution in [2.24, 2.45) is 0 Å². The van der Waals surface area contributed by atoms with Crippen LogP contribution in [0.3, 0.4) is 0 Å². The summed E-state index contributed by atoms with van der Waals surface area (Å²) < 4.78 is 5.90. The highest BCUT2D eigenvalue weighted by molar-refractivity contribution is 5.29. The molecule has 3 nitrogen and oxygen atoms in total. The predicted molar refractivity (Wildman–Crippen MR) is 109 cm³/mol. The molecule has 1 saturated heterocycles. The van der Waals surface area contributed by atoms with Crippen LogP contribution in [-0.2, 0) is 13.0 Å². The third-order valence-corrected chi connectivity index (χ3v) is 5.07. The lowest BCUT2D eigenvalue weighted by molar-refractivity contribution is 0.284. The Hall–Kier alpha value is -1.84. The zero-order chi connectivity index (χ0) is 18.2. The van der Waals surface area contributed by atoms with Crippen LogP contribution in [0.15, 0.2) is 48.5 Å². The molecule has 1 N–H and O–H groups in total. The summed E-state index contributed by atoms with van der Waals surface area (Å²) in [5.74, 6) is 1.52. The third kappa shape index (κ3) is 5.86. The van der Waals surface area contributed by atoms with Gasteiger partial charge in [-0.05, 0) is 54.3 Å². The van der Waals surface area contributed by atoms with Crippen molar-refractivity contribution in [2.75, 3.05) is 32.8 Å². The molecule has 0 spiro atoms. The molecule has 0 saturated carbocycles. The van der Waals surface area contributed by atoms with E-state index in [1.165, 1.54) is 29.7 Å². The van der Waals surface area contributed by atoms with E-state index in [1.54, 1.807) is 0 Å². The highest BCUT2D eigenvalue weighted by atomic mass is 16.5. The van der Waals surface area contributed by atoms with Crippen molar-refractivity contribution in [1.82, 2.24) is 10.2 Å². The molecular weight excluding hydrogens is 320 g/mol. The number of nitrogens with one attached hydrogen (secondary N) is 1. The van der Waals surface area contributed by atoms with Gasteiger partial charge in [-0.25, -0.2) is 0 Å². The van der Waals surface area contributed by atoms with Crippen LogP contribution in [-0.4, -0.2) is 37.7 Å². The van der Waals surface area contributed by atoms with E-state index in [0.29, 0.717) is 5.92 Å². The van der Waals surface area contributed by atoms with E-state index in [-0.39, 0.29) is 0 Å². The second-order valence-corrected chi connectivity index (χ2v) is 7.52. The molecule has 0 aromatic heterocycles. The van der Waals surface area contributed by atoms with E-state index >= 15 is 0 Å². The molecule has 0 unspecified atom stereocenters. The van der Waals surface area contributed by atoms with Crippen molar-refractivity contribution >= 4 is 0 Å². The number of ether oxygens (including phenoxy) is 1. The van der Waals surface area contributed by atoms with Gasteiger partial charge in [0.15, 0.2) is 0 Å². The van der Waals surface area contributed by atoms with Gasteiger partial charge in [0.1, 0.15) is 5.75 Å². The van der Waals surface area contributed by atoms with Crippen LogP contribution in [0.25, 0.3) is 0 Å². The number of rotatable bonds is 7. The van der Waals surface area contributed by atoms with Gasteiger partial charge in [-0.15, -0.1) is 0 Å². The Labute approximate surface area is 158 Å². The van der Waals surface area contributed by atoms with Crippen molar-refractivity contribution < 1.29 is 4.74 Å². The van der Waals surface area contributed by atoms with Crippen LogP contribution in [0.4, 0.5) is 0 Å². The van der Waals surface area contributed by atoms with Crippen LogP contribution in [0.2, 0.25) is 0 Å². The van der Waals surface area contributed by atoms with E-state index < -0.39 is 0 Å². The van der Waals surface area contributed by atoms with Crippen LogP contribution < -0.4 is 10.1 Å². The van der Waals surface area contributed by atoms with Crippen LogP contribution in [0.1, 0.15) is 42.9 Å². The summed E-state index contributed by atoms with van der Waals surface area (Å²) in [6.07, 6.45) is 2.19. The summed E-state index contributed by atoms with van der Waals surface area (Å²) >= 11 is 0. The standard InChI is InChI=1S/C23H32N2O/c1-19(2)22-8-10-23(11-9-22)26-17-12-20-4-6-21(7-5-20)18-25-15-3-13-24-14-16-25/h4-11,19,24H,3,12-18H2,1-2H3. The van der Waals surface area contributed by atoms with Crippen molar-refractivity contribution in [2.45, 2.75) is 39.2 Å². The first-order valence-corrected chi connectivity index (χ1v) is 9.94. The minimum Gasteiger partial charge on any atom is -0.493 e. The lowest BCUT2D eigenvalue weighted by Crippen LogP contribution is -2.27. The van der Waals surface area contributed by atoms with E-state index in [9.17, 15) is 0 Å². The average Bonchev–Trinajstić information content (AvgIpc) is 2.92. The predicted octanol–water partition coefficient (Wildman–Crippen LogP) is 4.23. The van der Waals surface area contributed by atoms with E-state index in [1.807, 2.05) is 0 Å². The summed E-state index contributed by atoms with van der Waals surface area (Å²) in [6, 6.07) is 17.5. The van der Waals surface area contributed by atoms with Crippen LogP contribution in [0, 0.1) is 0 Å². The monoisotopic (exact) mass is 352 g/mol.